The van der Waals surface area contributed by atoms with Crippen LogP contribution in [0.2, 0.25) is 0 Å². The lowest BCUT2D eigenvalue weighted by molar-refractivity contribution is -0.165. The molecule has 1 fully saturated rings. The van der Waals surface area contributed by atoms with Crippen molar-refractivity contribution in [3.8, 4) is 0 Å². The highest BCUT2D eigenvalue weighted by molar-refractivity contribution is 6.00. The van der Waals surface area contributed by atoms with Crippen molar-refractivity contribution in [2.45, 2.75) is 38.1 Å². The number of nitrogens with zero attached hydrogens (tertiary/aromatic N) is 2. The van der Waals surface area contributed by atoms with E-state index in [-0.39, 0.29) is 37.4 Å². The van der Waals surface area contributed by atoms with Gasteiger partial charge in [0.15, 0.2) is 0 Å². The summed E-state index contributed by atoms with van der Waals surface area (Å²) in [4.78, 5) is 58.2. The predicted molar refractivity (Wildman–Crippen MR) is 135 cm³/mol. The Kier molecular flexibility index (Phi) is 6.56. The van der Waals surface area contributed by atoms with E-state index < -0.39 is 24.2 Å². The second-order valence-corrected chi connectivity index (χ2v) is 9.30. The van der Waals surface area contributed by atoms with E-state index in [1.807, 2.05) is 54.6 Å². The average Bonchev–Trinajstić information content (AvgIpc) is 3.30. The molecular formula is C27H29N5O5. The second kappa shape index (κ2) is 9.96. The molecule has 37 heavy (non-hydrogen) atoms. The average molecular weight is 504 g/mol. The Balaban J connectivity index is 1.43. The normalized spacial score (nSPS) is 20.9. The molecule has 10 heteroatoms. The van der Waals surface area contributed by atoms with Crippen molar-refractivity contribution < 1.29 is 23.9 Å². The molecule has 0 aliphatic carbocycles. The number of fused-ring (bicyclic) bond motifs is 4. The Labute approximate surface area is 213 Å². The molecule has 3 N–H and O–H groups in total. The number of amides is 4. The fraction of sp³-hybridized carbons (Fsp3) is 0.333. The van der Waals surface area contributed by atoms with Crippen molar-refractivity contribution in [1.29, 1.82) is 0 Å². The third-order valence-electron chi connectivity index (χ3n) is 7.14. The number of hydrogen-bond donors (Lipinski definition) is 3. The minimum Gasteiger partial charge on any atom is -0.445 e. The van der Waals surface area contributed by atoms with Crippen molar-refractivity contribution in [3.63, 3.8) is 0 Å². The monoisotopic (exact) mass is 503 g/mol. The molecule has 0 radical (unpaired) electrons. The van der Waals surface area contributed by atoms with Gasteiger partial charge in [-0.15, -0.1) is 0 Å². The molecule has 1 saturated heterocycles. The van der Waals surface area contributed by atoms with Gasteiger partial charge in [0.1, 0.15) is 25.2 Å². The molecule has 2 aliphatic heterocycles. The zero-order chi connectivity index (χ0) is 26.1. The summed E-state index contributed by atoms with van der Waals surface area (Å²) in [6.45, 7) is 1.61. The van der Waals surface area contributed by atoms with E-state index in [0.717, 1.165) is 27.7 Å². The van der Waals surface area contributed by atoms with E-state index >= 15 is 0 Å². The fourth-order valence-corrected chi connectivity index (χ4v) is 5.22. The standard InChI is InChI=1S/C27H29N5O5/c1-16-25(34)32-21(26(35)31(16)14-23(33)28-2)12-19-18-10-6-7-11-20(18)30-24(19)22(32)13-29-27(36)37-15-17-8-4-3-5-9-17/h3-11,16,21-22,30H,12-15H2,1-2H3,(H,28,33)(H,29,36)/t16-,21-,22-/m0/s1. The van der Waals surface area contributed by atoms with E-state index in [2.05, 4.69) is 15.6 Å². The molecular weight excluding hydrogens is 474 g/mol. The summed E-state index contributed by atoms with van der Waals surface area (Å²) in [6.07, 6.45) is -0.302. The summed E-state index contributed by atoms with van der Waals surface area (Å²) < 4.78 is 5.36. The van der Waals surface area contributed by atoms with Gasteiger partial charge in [0.2, 0.25) is 17.7 Å². The first-order valence-electron chi connectivity index (χ1n) is 12.3. The molecule has 0 unspecified atom stereocenters. The van der Waals surface area contributed by atoms with Crippen LogP contribution in [0.3, 0.4) is 0 Å². The lowest BCUT2D eigenvalue weighted by Gasteiger charge is -2.49. The van der Waals surface area contributed by atoms with Crippen LogP contribution in [0, 0.1) is 0 Å². The van der Waals surface area contributed by atoms with E-state index in [4.69, 9.17) is 4.74 Å². The van der Waals surface area contributed by atoms with E-state index in [1.165, 1.54) is 11.9 Å². The van der Waals surface area contributed by atoms with Crippen LogP contribution in [-0.4, -0.2) is 70.8 Å². The largest absolute Gasteiger partial charge is 0.445 e. The Bertz CT molecular complexity index is 1350. The number of hydrogen-bond acceptors (Lipinski definition) is 5. The first-order valence-corrected chi connectivity index (χ1v) is 12.3. The van der Waals surface area contributed by atoms with Gasteiger partial charge in [-0.1, -0.05) is 48.5 Å². The number of piperazine rings is 1. The molecule has 1 aromatic heterocycles. The van der Waals surface area contributed by atoms with Crippen molar-refractivity contribution >= 4 is 34.7 Å². The number of ether oxygens (including phenoxy) is 1. The summed E-state index contributed by atoms with van der Waals surface area (Å²) in [7, 11) is 1.49. The van der Waals surface area contributed by atoms with Gasteiger partial charge < -0.3 is 30.2 Å². The molecule has 0 spiro atoms. The Morgan fingerprint density at radius 3 is 2.54 bits per heavy atom. The summed E-state index contributed by atoms with van der Waals surface area (Å²) in [5.41, 5.74) is 3.46. The summed E-state index contributed by atoms with van der Waals surface area (Å²) in [5.74, 6) is -0.907. The molecule has 3 atom stereocenters. The van der Waals surface area contributed by atoms with Gasteiger partial charge in [-0.2, -0.15) is 0 Å². The number of aromatic nitrogens is 1. The Hall–Kier alpha value is -4.34. The summed E-state index contributed by atoms with van der Waals surface area (Å²) in [5, 5.41) is 6.26. The first kappa shape index (κ1) is 24.4. The molecule has 192 valence electrons. The zero-order valence-corrected chi connectivity index (χ0v) is 20.7. The molecule has 2 aromatic carbocycles. The van der Waals surface area contributed by atoms with Crippen molar-refractivity contribution in [2.24, 2.45) is 0 Å². The van der Waals surface area contributed by atoms with Crippen LogP contribution in [0.4, 0.5) is 4.79 Å². The van der Waals surface area contributed by atoms with Gasteiger partial charge in [0, 0.05) is 36.6 Å². The van der Waals surface area contributed by atoms with Crippen molar-refractivity contribution in [3.05, 3.63) is 71.4 Å². The number of H-pyrrole nitrogens is 1. The van der Waals surface area contributed by atoms with Crippen LogP contribution in [0.5, 0.6) is 0 Å². The summed E-state index contributed by atoms with van der Waals surface area (Å²) in [6, 6.07) is 14.9. The molecule has 3 heterocycles. The van der Waals surface area contributed by atoms with Crippen molar-refractivity contribution in [1.82, 2.24) is 25.4 Å². The summed E-state index contributed by atoms with van der Waals surface area (Å²) >= 11 is 0. The minimum absolute atomic E-state index is 0.0606. The van der Waals surface area contributed by atoms with Crippen LogP contribution in [-0.2, 0) is 32.1 Å². The van der Waals surface area contributed by atoms with Gasteiger partial charge in [0.05, 0.1) is 6.04 Å². The van der Waals surface area contributed by atoms with Gasteiger partial charge in [0.25, 0.3) is 0 Å². The third-order valence-corrected chi connectivity index (χ3v) is 7.14. The van der Waals surface area contributed by atoms with Crippen molar-refractivity contribution in [2.75, 3.05) is 20.1 Å². The van der Waals surface area contributed by atoms with E-state index in [0.29, 0.717) is 6.42 Å². The van der Waals surface area contributed by atoms with E-state index in [1.54, 1.807) is 11.8 Å². The number of rotatable bonds is 6. The third kappa shape index (κ3) is 4.50. The molecule has 2 aliphatic rings. The first-order chi connectivity index (χ1) is 17.9. The van der Waals surface area contributed by atoms with Crippen LogP contribution in [0.25, 0.3) is 10.9 Å². The zero-order valence-electron chi connectivity index (χ0n) is 20.7. The molecule has 5 rings (SSSR count). The number of alkyl carbamates (subject to hydrolysis) is 1. The van der Waals surface area contributed by atoms with Crippen LogP contribution < -0.4 is 10.6 Å². The van der Waals surface area contributed by atoms with Crippen LogP contribution in [0.1, 0.15) is 29.8 Å². The SMILES string of the molecule is CNC(=O)CN1C(=O)[C@@H]2Cc3c([nH]c4ccccc34)[C@H](CNC(=O)OCc3ccccc3)N2C(=O)[C@@H]1C. The maximum atomic E-state index is 13.6. The second-order valence-electron chi connectivity index (χ2n) is 9.30. The van der Waals surface area contributed by atoms with Gasteiger partial charge >= 0.3 is 6.09 Å². The molecule has 3 aromatic rings. The number of para-hydroxylation sites is 1. The van der Waals surface area contributed by atoms with Crippen LogP contribution >= 0.6 is 0 Å². The molecule has 4 amide bonds. The van der Waals surface area contributed by atoms with Gasteiger partial charge in [-0.25, -0.2) is 4.79 Å². The highest BCUT2D eigenvalue weighted by Gasteiger charge is 2.50. The number of benzene rings is 2. The lowest BCUT2D eigenvalue weighted by Crippen LogP contribution is -2.68. The number of aromatic amines is 1. The maximum Gasteiger partial charge on any atom is 0.407 e. The van der Waals surface area contributed by atoms with Gasteiger partial charge in [-0.05, 0) is 24.1 Å². The number of likely N-dealkylation sites (N-methyl/N-ethyl adjacent to an activating group) is 1. The smallest absolute Gasteiger partial charge is 0.407 e. The minimum atomic E-state index is -0.820. The molecule has 0 bridgehead atoms. The maximum absolute atomic E-state index is 13.6. The number of carbonyl (C=O) groups excluding carboxylic acids is 4. The Morgan fingerprint density at radius 1 is 1.05 bits per heavy atom. The van der Waals surface area contributed by atoms with E-state index in [9.17, 15) is 19.2 Å². The predicted octanol–water partition coefficient (Wildman–Crippen LogP) is 1.87. The number of carbonyl (C=O) groups is 4. The number of nitrogens with one attached hydrogen (secondary N) is 3. The highest BCUT2D eigenvalue weighted by atomic mass is 16.5. The fourth-order valence-electron chi connectivity index (χ4n) is 5.22. The highest BCUT2D eigenvalue weighted by Crippen LogP contribution is 2.40. The Morgan fingerprint density at radius 2 is 1.78 bits per heavy atom. The topological polar surface area (TPSA) is 124 Å². The molecule has 10 nitrogen and oxygen atoms in total. The quantitative estimate of drug-likeness (QED) is 0.474. The molecule has 0 saturated carbocycles. The van der Waals surface area contributed by atoms with Crippen LogP contribution in [0.15, 0.2) is 54.6 Å². The lowest BCUT2D eigenvalue weighted by atomic mass is 9.87. The van der Waals surface area contributed by atoms with Gasteiger partial charge in [-0.3, -0.25) is 14.4 Å².